The predicted molar refractivity (Wildman–Crippen MR) is 80.2 cm³/mol. The van der Waals surface area contributed by atoms with Gasteiger partial charge in [-0.15, -0.1) is 18.2 Å². The topological polar surface area (TPSA) is 21.6 Å². The highest BCUT2D eigenvalue weighted by atomic mass is 32.1. The lowest BCUT2D eigenvalue weighted by atomic mass is 10.3. The van der Waals surface area contributed by atoms with Crippen molar-refractivity contribution in [2.24, 2.45) is 4.99 Å². The molecule has 0 bridgehead atoms. The van der Waals surface area contributed by atoms with Gasteiger partial charge >= 0.3 is 0 Å². The summed E-state index contributed by atoms with van der Waals surface area (Å²) in [4.78, 5) is 4.32. The number of methoxy groups -OCH3 is 1. The van der Waals surface area contributed by atoms with Gasteiger partial charge in [-0.1, -0.05) is 25.7 Å². The molecule has 0 amide bonds. The Morgan fingerprint density at radius 3 is 2.65 bits per heavy atom. The van der Waals surface area contributed by atoms with Crippen LogP contribution in [0.3, 0.4) is 0 Å². The average Bonchev–Trinajstić information content (AvgIpc) is 2.26. The molecular weight excluding hydrogens is 246 g/mol. The largest absolute Gasteiger partial charge is 0.497 e. The van der Waals surface area contributed by atoms with Gasteiger partial charge < -0.3 is 4.74 Å². The Hall–Kier alpha value is -1.18. The van der Waals surface area contributed by atoms with Crippen molar-refractivity contribution in [3.05, 3.63) is 24.3 Å². The fourth-order valence-electron chi connectivity index (χ4n) is 1.07. The van der Waals surface area contributed by atoms with Gasteiger partial charge in [-0.05, 0) is 18.1 Å². The molecule has 1 aromatic rings. The van der Waals surface area contributed by atoms with Crippen LogP contribution in [-0.2, 0) is 0 Å². The van der Waals surface area contributed by atoms with E-state index >= 15 is 0 Å². The third-order valence-corrected chi connectivity index (χ3v) is 2.92. The zero-order valence-electron chi connectivity index (χ0n) is 10.6. The van der Waals surface area contributed by atoms with Crippen LogP contribution in [0, 0.1) is 11.5 Å². The lowest BCUT2D eigenvalue weighted by molar-refractivity contribution is 0.415. The average molecular weight is 263 g/mol. The Morgan fingerprint density at radius 2 is 2.06 bits per heavy atom. The second-order valence-electron chi connectivity index (χ2n) is 4.64. The molecule has 1 aromatic carbocycles. The monoisotopic (exact) mass is 263 g/mol. The molecule has 0 aliphatic rings. The van der Waals surface area contributed by atoms with Crippen molar-refractivity contribution in [1.82, 2.24) is 0 Å². The van der Waals surface area contributed by atoms with Crippen molar-refractivity contribution >= 4 is 31.4 Å². The van der Waals surface area contributed by atoms with Crippen LogP contribution in [0.2, 0.25) is 19.6 Å². The van der Waals surface area contributed by atoms with E-state index in [1.807, 2.05) is 24.3 Å². The number of thiol groups is 1. The van der Waals surface area contributed by atoms with Crippen molar-refractivity contribution in [3.8, 4) is 17.2 Å². The molecule has 0 saturated carbocycles. The molecule has 0 N–H and O–H groups in total. The highest BCUT2D eigenvalue weighted by Crippen LogP contribution is 2.19. The van der Waals surface area contributed by atoms with Crippen molar-refractivity contribution < 1.29 is 4.74 Å². The minimum absolute atomic E-state index is 0.542. The summed E-state index contributed by atoms with van der Waals surface area (Å²) < 4.78 is 5.13. The maximum Gasteiger partial charge on any atom is 0.143 e. The zero-order chi connectivity index (χ0) is 12.9. The number of hydrogen-bond donors (Lipinski definition) is 1. The van der Waals surface area contributed by atoms with E-state index < -0.39 is 8.07 Å². The van der Waals surface area contributed by atoms with Crippen LogP contribution >= 0.6 is 12.6 Å². The van der Waals surface area contributed by atoms with E-state index in [1.165, 1.54) is 0 Å². The molecule has 1 rings (SSSR count). The molecule has 17 heavy (non-hydrogen) atoms. The summed E-state index contributed by atoms with van der Waals surface area (Å²) in [6.45, 7) is 6.56. The van der Waals surface area contributed by atoms with Crippen LogP contribution in [0.1, 0.15) is 0 Å². The molecule has 0 fully saturated rings. The Labute approximate surface area is 110 Å². The summed E-state index contributed by atoms with van der Waals surface area (Å²) in [6, 6.07) is 7.52. The molecule has 90 valence electrons. The van der Waals surface area contributed by atoms with E-state index in [-0.39, 0.29) is 0 Å². The van der Waals surface area contributed by atoms with Crippen molar-refractivity contribution in [2.45, 2.75) is 19.6 Å². The number of hydrogen-bond acceptors (Lipinski definition) is 2. The zero-order valence-corrected chi connectivity index (χ0v) is 12.5. The molecule has 0 spiro atoms. The van der Waals surface area contributed by atoms with Crippen molar-refractivity contribution in [3.63, 3.8) is 0 Å². The van der Waals surface area contributed by atoms with Gasteiger partial charge in [-0.25, -0.2) is 4.99 Å². The molecule has 0 heterocycles. The minimum Gasteiger partial charge on any atom is -0.497 e. The predicted octanol–water partition coefficient (Wildman–Crippen LogP) is 3.54. The lowest BCUT2D eigenvalue weighted by Crippen LogP contribution is -2.16. The molecule has 0 saturated heterocycles. The van der Waals surface area contributed by atoms with E-state index in [9.17, 15) is 0 Å². The lowest BCUT2D eigenvalue weighted by Gasteiger charge is -2.03. The molecule has 2 nitrogen and oxygen atoms in total. The standard InChI is InChI=1S/C13H17NOSSi/c1-15-12-7-5-6-11(10-12)14-13(16)8-9-17(2,3)4/h5-7,10H,1-4H3,(H,14,16). The summed E-state index contributed by atoms with van der Waals surface area (Å²) in [5.74, 6) is 3.78. The van der Waals surface area contributed by atoms with Crippen molar-refractivity contribution in [1.29, 1.82) is 0 Å². The Bertz CT molecular complexity index is 480. The van der Waals surface area contributed by atoms with Gasteiger partial charge in [-0.2, -0.15) is 0 Å². The minimum atomic E-state index is -1.37. The maximum absolute atomic E-state index is 5.13. The van der Waals surface area contributed by atoms with Crippen LogP contribution in [0.25, 0.3) is 0 Å². The quantitative estimate of drug-likeness (QED) is 0.285. The first-order valence-electron chi connectivity index (χ1n) is 5.35. The van der Waals surface area contributed by atoms with Crippen LogP contribution in [0.5, 0.6) is 5.75 Å². The first-order chi connectivity index (χ1) is 7.90. The fraction of sp³-hybridized carbons (Fsp3) is 0.308. The fourth-order valence-corrected chi connectivity index (χ4v) is 1.84. The summed E-state index contributed by atoms with van der Waals surface area (Å²) in [6.07, 6.45) is 0. The Kier molecular flexibility index (Phi) is 4.85. The van der Waals surface area contributed by atoms with Crippen LogP contribution in [0.15, 0.2) is 29.3 Å². The first-order valence-corrected chi connectivity index (χ1v) is 9.30. The highest BCUT2D eigenvalue weighted by Gasteiger charge is 2.07. The number of aliphatic imine (C=N–C) groups is 1. The van der Waals surface area contributed by atoms with E-state index in [1.54, 1.807) is 7.11 Å². The molecule has 0 aromatic heterocycles. The van der Waals surface area contributed by atoms with Crippen LogP contribution < -0.4 is 4.74 Å². The molecule has 0 unspecified atom stereocenters. The third-order valence-electron chi connectivity index (χ3n) is 1.84. The van der Waals surface area contributed by atoms with E-state index in [0.717, 1.165) is 11.4 Å². The Morgan fingerprint density at radius 1 is 1.35 bits per heavy atom. The number of rotatable bonds is 2. The number of benzene rings is 1. The summed E-state index contributed by atoms with van der Waals surface area (Å²) in [5, 5.41) is 0.542. The first kappa shape index (κ1) is 13.9. The van der Waals surface area contributed by atoms with E-state index in [4.69, 9.17) is 4.74 Å². The molecule has 4 heteroatoms. The third kappa shape index (κ3) is 5.62. The summed E-state index contributed by atoms with van der Waals surface area (Å²) in [7, 11) is 0.264. The SMILES string of the molecule is COc1cccc(N=C(S)C#C[Si](C)(C)C)c1. The van der Waals surface area contributed by atoms with Gasteiger partial charge in [0.15, 0.2) is 0 Å². The van der Waals surface area contributed by atoms with E-state index in [0.29, 0.717) is 5.04 Å². The second-order valence-corrected chi connectivity index (χ2v) is 9.81. The van der Waals surface area contributed by atoms with Crippen LogP contribution in [0.4, 0.5) is 5.69 Å². The molecule has 0 aliphatic heterocycles. The van der Waals surface area contributed by atoms with Gasteiger partial charge in [0.25, 0.3) is 0 Å². The Balaban J connectivity index is 2.90. The molecule has 0 radical (unpaired) electrons. The smallest absolute Gasteiger partial charge is 0.143 e. The maximum atomic E-state index is 5.13. The van der Waals surface area contributed by atoms with Gasteiger partial charge in [0, 0.05) is 6.07 Å². The van der Waals surface area contributed by atoms with Gasteiger partial charge in [0.1, 0.15) is 18.9 Å². The molecule has 0 aliphatic carbocycles. The number of ether oxygens (including phenoxy) is 1. The van der Waals surface area contributed by atoms with Crippen LogP contribution in [-0.4, -0.2) is 20.2 Å². The number of nitrogens with zero attached hydrogens (tertiary/aromatic N) is 1. The van der Waals surface area contributed by atoms with Gasteiger partial charge in [-0.3, -0.25) is 0 Å². The van der Waals surface area contributed by atoms with Gasteiger partial charge in [0.2, 0.25) is 0 Å². The molecule has 0 atom stereocenters. The van der Waals surface area contributed by atoms with Crippen molar-refractivity contribution in [2.75, 3.05) is 7.11 Å². The summed E-state index contributed by atoms with van der Waals surface area (Å²) >= 11 is 4.27. The van der Waals surface area contributed by atoms with Gasteiger partial charge in [0.05, 0.1) is 12.8 Å². The summed E-state index contributed by atoms with van der Waals surface area (Å²) in [5.41, 5.74) is 4.03. The normalized spacial score (nSPS) is 11.7. The van der Waals surface area contributed by atoms with E-state index in [2.05, 4.69) is 48.7 Å². The highest BCUT2D eigenvalue weighted by molar-refractivity contribution is 7.97. The molecular formula is C13H17NOSSi. The second kappa shape index (κ2) is 5.94.